The standard InChI is InChI=1S/C24H25N5O5S/c1-15-5-8-18(13-19(15)29(33)34)26-22(31)16-6-9-17(10-7-16)25-21(30)14-20-23(32)27-24(35-20)28-11-3-2-4-12-28/h5-10,13,20H,2-4,11-12,14H2,1H3,(H,25,30)(H,26,31). The molecule has 4 rings (SSSR count). The van der Waals surface area contributed by atoms with Crippen LogP contribution in [-0.2, 0) is 9.59 Å². The molecule has 3 amide bonds. The highest BCUT2D eigenvalue weighted by Crippen LogP contribution is 2.29. The molecule has 1 atom stereocenters. The average Bonchev–Trinajstić information content (AvgIpc) is 3.21. The first-order valence-corrected chi connectivity index (χ1v) is 12.2. The number of nitro benzene ring substituents is 1. The molecule has 2 aliphatic rings. The van der Waals surface area contributed by atoms with E-state index in [1.165, 1.54) is 24.2 Å². The summed E-state index contributed by atoms with van der Waals surface area (Å²) in [4.78, 5) is 54.1. The van der Waals surface area contributed by atoms with Gasteiger partial charge < -0.3 is 15.5 Å². The van der Waals surface area contributed by atoms with Crippen LogP contribution in [0.3, 0.4) is 0 Å². The zero-order valence-corrected chi connectivity index (χ0v) is 20.0. The molecule has 2 N–H and O–H groups in total. The Bertz CT molecular complexity index is 1190. The third-order valence-electron chi connectivity index (χ3n) is 5.82. The van der Waals surface area contributed by atoms with Gasteiger partial charge in [0.25, 0.3) is 17.5 Å². The van der Waals surface area contributed by atoms with Gasteiger partial charge in [-0.3, -0.25) is 24.5 Å². The van der Waals surface area contributed by atoms with Gasteiger partial charge in [-0.2, -0.15) is 4.99 Å². The number of amides is 3. The molecule has 0 aromatic heterocycles. The highest BCUT2D eigenvalue weighted by molar-refractivity contribution is 8.15. The topological polar surface area (TPSA) is 134 Å². The van der Waals surface area contributed by atoms with E-state index in [0.29, 0.717) is 27.7 Å². The second kappa shape index (κ2) is 10.7. The van der Waals surface area contributed by atoms with Gasteiger partial charge in [-0.1, -0.05) is 17.8 Å². The quantitative estimate of drug-likeness (QED) is 0.457. The lowest BCUT2D eigenvalue weighted by Gasteiger charge is -2.27. The van der Waals surface area contributed by atoms with Crippen LogP contribution in [0.2, 0.25) is 0 Å². The van der Waals surface area contributed by atoms with E-state index in [4.69, 9.17) is 0 Å². The maximum Gasteiger partial charge on any atom is 0.274 e. The van der Waals surface area contributed by atoms with Gasteiger partial charge in [-0.25, -0.2) is 0 Å². The van der Waals surface area contributed by atoms with E-state index < -0.39 is 16.1 Å². The maximum absolute atomic E-state index is 12.5. The van der Waals surface area contributed by atoms with Gasteiger partial charge in [0.1, 0.15) is 5.25 Å². The predicted octanol–water partition coefficient (Wildman–Crippen LogP) is 3.97. The lowest BCUT2D eigenvalue weighted by atomic mass is 10.1. The van der Waals surface area contributed by atoms with Gasteiger partial charge in [-0.15, -0.1) is 0 Å². The summed E-state index contributed by atoms with van der Waals surface area (Å²) < 4.78 is 0. The second-order valence-electron chi connectivity index (χ2n) is 8.43. The number of piperidine rings is 1. The Labute approximate surface area is 206 Å². The zero-order chi connectivity index (χ0) is 24.9. The number of hydrogen-bond acceptors (Lipinski definition) is 7. The summed E-state index contributed by atoms with van der Waals surface area (Å²) in [6, 6.07) is 10.7. The fourth-order valence-electron chi connectivity index (χ4n) is 3.90. The van der Waals surface area contributed by atoms with E-state index >= 15 is 0 Å². The molecule has 2 aliphatic heterocycles. The fourth-order valence-corrected chi connectivity index (χ4v) is 5.02. The number of anilines is 2. The summed E-state index contributed by atoms with van der Waals surface area (Å²) in [5.74, 6) is -1.03. The Kier molecular flexibility index (Phi) is 7.45. The van der Waals surface area contributed by atoms with Gasteiger partial charge in [0, 0.05) is 48.1 Å². The first kappa shape index (κ1) is 24.4. The minimum Gasteiger partial charge on any atom is -0.351 e. The Morgan fingerprint density at radius 3 is 2.46 bits per heavy atom. The van der Waals surface area contributed by atoms with Gasteiger partial charge in [-0.05, 0) is 56.5 Å². The van der Waals surface area contributed by atoms with Crippen molar-refractivity contribution in [3.8, 4) is 0 Å². The molecule has 0 aliphatic carbocycles. The van der Waals surface area contributed by atoms with Crippen molar-refractivity contribution >= 4 is 51.7 Å². The molecule has 0 spiro atoms. The Balaban J connectivity index is 1.30. The molecule has 2 heterocycles. The molecule has 1 fully saturated rings. The number of aryl methyl sites for hydroxylation is 1. The monoisotopic (exact) mass is 495 g/mol. The smallest absolute Gasteiger partial charge is 0.274 e. The normalized spacial score (nSPS) is 17.6. The Morgan fingerprint density at radius 1 is 1.09 bits per heavy atom. The number of carbonyl (C=O) groups is 3. The zero-order valence-electron chi connectivity index (χ0n) is 19.2. The van der Waals surface area contributed by atoms with Crippen LogP contribution in [-0.4, -0.2) is 51.1 Å². The minimum atomic E-state index is -0.532. The fraction of sp³-hybridized carbons (Fsp3) is 0.333. The van der Waals surface area contributed by atoms with Crippen molar-refractivity contribution in [3.63, 3.8) is 0 Å². The van der Waals surface area contributed by atoms with Crippen molar-refractivity contribution in [1.29, 1.82) is 0 Å². The predicted molar refractivity (Wildman–Crippen MR) is 135 cm³/mol. The Morgan fingerprint density at radius 2 is 1.77 bits per heavy atom. The summed E-state index contributed by atoms with van der Waals surface area (Å²) in [5, 5.41) is 16.7. The van der Waals surface area contributed by atoms with E-state index in [2.05, 4.69) is 20.5 Å². The number of rotatable bonds is 6. The molecule has 0 bridgehead atoms. The van der Waals surface area contributed by atoms with Crippen LogP contribution in [0.25, 0.3) is 0 Å². The van der Waals surface area contributed by atoms with Gasteiger partial charge in [0.15, 0.2) is 5.17 Å². The third kappa shape index (κ3) is 6.04. The lowest BCUT2D eigenvalue weighted by molar-refractivity contribution is -0.385. The van der Waals surface area contributed by atoms with E-state index in [9.17, 15) is 24.5 Å². The number of nitrogens with zero attached hydrogens (tertiary/aromatic N) is 3. The van der Waals surface area contributed by atoms with E-state index in [0.717, 1.165) is 25.9 Å². The summed E-state index contributed by atoms with van der Waals surface area (Å²) in [5.41, 5.74) is 1.56. The number of carbonyl (C=O) groups excluding carboxylic acids is 3. The SMILES string of the molecule is Cc1ccc(NC(=O)c2ccc(NC(=O)CC3SC(N4CCCCC4)=NC3=O)cc2)cc1[N+](=O)[O-]. The molecule has 0 saturated carbocycles. The molecule has 0 radical (unpaired) electrons. The molecular formula is C24H25N5O5S. The van der Waals surface area contributed by atoms with Crippen molar-refractivity contribution in [3.05, 3.63) is 63.7 Å². The second-order valence-corrected chi connectivity index (χ2v) is 9.60. The average molecular weight is 496 g/mol. The van der Waals surface area contributed by atoms with Crippen LogP contribution in [0.4, 0.5) is 17.1 Å². The summed E-state index contributed by atoms with van der Waals surface area (Å²) in [6.45, 7) is 3.40. The molecule has 1 saturated heterocycles. The van der Waals surface area contributed by atoms with E-state index in [1.807, 2.05) is 0 Å². The third-order valence-corrected chi connectivity index (χ3v) is 7.03. The number of nitro groups is 1. The number of hydrogen-bond donors (Lipinski definition) is 2. The number of likely N-dealkylation sites (tertiary alicyclic amines) is 1. The van der Waals surface area contributed by atoms with E-state index in [-0.39, 0.29) is 23.9 Å². The summed E-state index contributed by atoms with van der Waals surface area (Å²) in [7, 11) is 0. The highest BCUT2D eigenvalue weighted by atomic mass is 32.2. The van der Waals surface area contributed by atoms with Crippen molar-refractivity contribution in [2.24, 2.45) is 4.99 Å². The molecule has 2 aromatic carbocycles. The van der Waals surface area contributed by atoms with Crippen molar-refractivity contribution in [1.82, 2.24) is 4.90 Å². The maximum atomic E-state index is 12.5. The minimum absolute atomic E-state index is 0.0127. The molecule has 182 valence electrons. The van der Waals surface area contributed by atoms with Crippen molar-refractivity contribution < 1.29 is 19.3 Å². The molecule has 1 unspecified atom stereocenters. The van der Waals surface area contributed by atoms with Crippen LogP contribution in [0.1, 0.15) is 41.6 Å². The molecular weight excluding hydrogens is 470 g/mol. The molecule has 2 aromatic rings. The number of thioether (sulfide) groups is 1. The Hall–Kier alpha value is -3.73. The van der Waals surface area contributed by atoms with Crippen LogP contribution in [0, 0.1) is 17.0 Å². The highest BCUT2D eigenvalue weighted by Gasteiger charge is 2.33. The van der Waals surface area contributed by atoms with Crippen LogP contribution in [0.5, 0.6) is 0 Å². The van der Waals surface area contributed by atoms with Crippen molar-refractivity contribution in [2.45, 2.75) is 37.9 Å². The van der Waals surface area contributed by atoms with Crippen LogP contribution >= 0.6 is 11.8 Å². The first-order chi connectivity index (χ1) is 16.8. The molecule has 11 heteroatoms. The van der Waals surface area contributed by atoms with Crippen molar-refractivity contribution in [2.75, 3.05) is 23.7 Å². The largest absolute Gasteiger partial charge is 0.351 e. The lowest BCUT2D eigenvalue weighted by Crippen LogP contribution is -2.33. The number of benzene rings is 2. The first-order valence-electron chi connectivity index (χ1n) is 11.3. The molecule has 35 heavy (non-hydrogen) atoms. The van der Waals surface area contributed by atoms with Crippen LogP contribution in [0.15, 0.2) is 47.5 Å². The summed E-state index contributed by atoms with van der Waals surface area (Å²) in [6.07, 6.45) is 3.36. The number of nitrogens with one attached hydrogen (secondary N) is 2. The number of amidine groups is 1. The summed E-state index contributed by atoms with van der Waals surface area (Å²) >= 11 is 1.35. The molecule has 10 nitrogen and oxygen atoms in total. The van der Waals surface area contributed by atoms with E-state index in [1.54, 1.807) is 43.3 Å². The number of aliphatic imine (C=N–C) groups is 1. The van der Waals surface area contributed by atoms with Gasteiger partial charge >= 0.3 is 0 Å². The van der Waals surface area contributed by atoms with Gasteiger partial charge in [0.2, 0.25) is 5.91 Å². The van der Waals surface area contributed by atoms with Crippen LogP contribution < -0.4 is 10.6 Å². The van der Waals surface area contributed by atoms with Gasteiger partial charge in [0.05, 0.1) is 4.92 Å².